The Bertz CT molecular complexity index is 288. The number of hydrazine groups is 1. The Morgan fingerprint density at radius 3 is 2.87 bits per heavy atom. The first-order chi connectivity index (χ1) is 7.30. The third kappa shape index (κ3) is 1.93. The number of methoxy groups -OCH3 is 1. The van der Waals surface area contributed by atoms with Crippen LogP contribution in [0, 0.1) is 0 Å². The van der Waals surface area contributed by atoms with E-state index in [1.54, 1.807) is 19.6 Å². The predicted molar refractivity (Wildman–Crippen MR) is 57.1 cm³/mol. The van der Waals surface area contributed by atoms with Gasteiger partial charge in [-0.2, -0.15) is 0 Å². The highest BCUT2D eigenvalue weighted by Gasteiger charge is 2.44. The third-order valence-electron chi connectivity index (χ3n) is 3.46. The number of ether oxygens (including phenoxy) is 1. The average molecular weight is 210 g/mol. The molecule has 0 aliphatic heterocycles. The molecule has 0 saturated heterocycles. The molecule has 4 nitrogen and oxygen atoms in total. The number of hydrogen-bond donors (Lipinski definition) is 2. The molecule has 0 bridgehead atoms. The smallest absolute Gasteiger partial charge is 0.0935 e. The summed E-state index contributed by atoms with van der Waals surface area (Å²) in [6.45, 7) is 0. The van der Waals surface area contributed by atoms with Crippen molar-refractivity contribution in [2.24, 2.45) is 5.84 Å². The number of rotatable bonds is 5. The summed E-state index contributed by atoms with van der Waals surface area (Å²) in [5.74, 6) is 5.60. The number of nitrogens with two attached hydrogens (primary N) is 1. The summed E-state index contributed by atoms with van der Waals surface area (Å²) in [7, 11) is 1.76. The van der Waals surface area contributed by atoms with Crippen LogP contribution < -0.4 is 11.3 Å². The van der Waals surface area contributed by atoms with Gasteiger partial charge in [-0.25, -0.2) is 0 Å². The summed E-state index contributed by atoms with van der Waals surface area (Å²) in [6, 6.07) is 2.13. The van der Waals surface area contributed by atoms with E-state index < -0.39 is 0 Å². The van der Waals surface area contributed by atoms with Crippen LogP contribution in [-0.2, 0) is 11.2 Å². The van der Waals surface area contributed by atoms with Gasteiger partial charge in [0.15, 0.2) is 0 Å². The highest BCUT2D eigenvalue weighted by Crippen LogP contribution is 2.38. The first-order valence-electron chi connectivity index (χ1n) is 5.33. The molecule has 84 valence electrons. The lowest BCUT2D eigenvalue weighted by molar-refractivity contribution is -0.0982. The van der Waals surface area contributed by atoms with Gasteiger partial charge in [0.25, 0.3) is 0 Å². The van der Waals surface area contributed by atoms with Crippen molar-refractivity contribution in [1.29, 1.82) is 0 Å². The molecule has 1 unspecified atom stereocenters. The standard InChI is InChI=1S/C11H18N2O2/c1-14-11(4-2-5-11)10(13-12)7-9-3-6-15-8-9/h3,6,8,10,13H,2,4-5,7,12H2,1H3. The van der Waals surface area contributed by atoms with E-state index in [4.69, 9.17) is 15.0 Å². The molecule has 1 aliphatic rings. The zero-order chi connectivity index (χ0) is 10.7. The van der Waals surface area contributed by atoms with E-state index in [2.05, 4.69) is 5.43 Å². The second-order valence-electron chi connectivity index (χ2n) is 4.18. The van der Waals surface area contributed by atoms with Crippen LogP contribution >= 0.6 is 0 Å². The van der Waals surface area contributed by atoms with Crippen molar-refractivity contribution in [1.82, 2.24) is 5.43 Å². The van der Waals surface area contributed by atoms with Gasteiger partial charge < -0.3 is 9.15 Å². The SMILES string of the molecule is COC1(C(Cc2ccoc2)NN)CCC1. The zero-order valence-corrected chi connectivity index (χ0v) is 9.03. The van der Waals surface area contributed by atoms with Crippen LogP contribution in [0.15, 0.2) is 23.0 Å². The van der Waals surface area contributed by atoms with Gasteiger partial charge in [0.1, 0.15) is 0 Å². The molecule has 1 saturated carbocycles. The van der Waals surface area contributed by atoms with E-state index >= 15 is 0 Å². The number of nitrogens with one attached hydrogen (secondary N) is 1. The molecule has 1 aromatic rings. The molecule has 1 aromatic heterocycles. The quantitative estimate of drug-likeness (QED) is 0.566. The van der Waals surface area contributed by atoms with E-state index in [1.807, 2.05) is 6.07 Å². The summed E-state index contributed by atoms with van der Waals surface area (Å²) in [4.78, 5) is 0. The Kier molecular flexibility index (Phi) is 3.09. The van der Waals surface area contributed by atoms with E-state index in [0.29, 0.717) is 0 Å². The molecule has 0 radical (unpaired) electrons. The molecule has 2 rings (SSSR count). The van der Waals surface area contributed by atoms with Crippen molar-refractivity contribution in [2.75, 3.05) is 7.11 Å². The second kappa shape index (κ2) is 4.35. The fraction of sp³-hybridized carbons (Fsp3) is 0.636. The highest BCUT2D eigenvalue weighted by atomic mass is 16.5. The van der Waals surface area contributed by atoms with Crippen molar-refractivity contribution in [3.63, 3.8) is 0 Å². The van der Waals surface area contributed by atoms with Crippen molar-refractivity contribution in [3.8, 4) is 0 Å². The van der Waals surface area contributed by atoms with Crippen molar-refractivity contribution >= 4 is 0 Å². The van der Waals surface area contributed by atoms with Crippen LogP contribution in [0.25, 0.3) is 0 Å². The van der Waals surface area contributed by atoms with Crippen molar-refractivity contribution in [3.05, 3.63) is 24.2 Å². The number of furan rings is 1. The molecule has 3 N–H and O–H groups in total. The first kappa shape index (κ1) is 10.7. The minimum atomic E-state index is -0.0774. The highest BCUT2D eigenvalue weighted by molar-refractivity contribution is 5.11. The lowest BCUT2D eigenvalue weighted by Crippen LogP contribution is -2.59. The first-order valence-corrected chi connectivity index (χ1v) is 5.33. The van der Waals surface area contributed by atoms with Gasteiger partial charge in [0, 0.05) is 7.11 Å². The van der Waals surface area contributed by atoms with Gasteiger partial charge in [0.05, 0.1) is 24.2 Å². The minimum Gasteiger partial charge on any atom is -0.472 e. The summed E-state index contributed by atoms with van der Waals surface area (Å²) in [5, 5.41) is 0. The topological polar surface area (TPSA) is 60.4 Å². The fourth-order valence-corrected chi connectivity index (χ4v) is 2.26. The summed E-state index contributed by atoms with van der Waals surface area (Å²) >= 11 is 0. The largest absolute Gasteiger partial charge is 0.472 e. The van der Waals surface area contributed by atoms with Crippen LogP contribution in [0.1, 0.15) is 24.8 Å². The summed E-state index contributed by atoms with van der Waals surface area (Å²) in [6.07, 6.45) is 7.67. The lowest BCUT2D eigenvalue weighted by atomic mass is 9.73. The Morgan fingerprint density at radius 2 is 2.47 bits per heavy atom. The Hall–Kier alpha value is -0.840. The Morgan fingerprint density at radius 1 is 1.67 bits per heavy atom. The van der Waals surface area contributed by atoms with Gasteiger partial charge in [-0.3, -0.25) is 11.3 Å². The maximum atomic E-state index is 5.60. The molecule has 15 heavy (non-hydrogen) atoms. The molecule has 1 fully saturated rings. The zero-order valence-electron chi connectivity index (χ0n) is 9.03. The maximum absolute atomic E-state index is 5.60. The monoisotopic (exact) mass is 210 g/mol. The van der Waals surface area contributed by atoms with Crippen LogP contribution in [0.5, 0.6) is 0 Å². The van der Waals surface area contributed by atoms with E-state index in [0.717, 1.165) is 24.8 Å². The average Bonchev–Trinajstić information content (AvgIpc) is 2.68. The van der Waals surface area contributed by atoms with Gasteiger partial charge in [-0.15, -0.1) is 0 Å². The van der Waals surface area contributed by atoms with E-state index in [1.165, 1.54) is 6.42 Å². The Balaban J connectivity index is 2.03. The molecule has 4 heteroatoms. The summed E-state index contributed by atoms with van der Waals surface area (Å²) < 4.78 is 10.7. The lowest BCUT2D eigenvalue weighted by Gasteiger charge is -2.46. The van der Waals surface area contributed by atoms with Crippen LogP contribution in [0.2, 0.25) is 0 Å². The molecular weight excluding hydrogens is 192 g/mol. The number of hydrogen-bond acceptors (Lipinski definition) is 4. The van der Waals surface area contributed by atoms with Crippen LogP contribution in [0.3, 0.4) is 0 Å². The maximum Gasteiger partial charge on any atom is 0.0935 e. The molecule has 0 aromatic carbocycles. The van der Waals surface area contributed by atoms with Crippen LogP contribution in [-0.4, -0.2) is 18.8 Å². The molecule has 1 heterocycles. The Labute approximate surface area is 89.7 Å². The van der Waals surface area contributed by atoms with Gasteiger partial charge in [-0.1, -0.05) is 0 Å². The molecular formula is C11H18N2O2. The van der Waals surface area contributed by atoms with Crippen molar-refractivity contribution < 1.29 is 9.15 Å². The van der Waals surface area contributed by atoms with Gasteiger partial charge >= 0.3 is 0 Å². The molecule has 0 amide bonds. The van der Waals surface area contributed by atoms with Crippen LogP contribution in [0.4, 0.5) is 0 Å². The van der Waals surface area contributed by atoms with E-state index in [9.17, 15) is 0 Å². The van der Waals surface area contributed by atoms with E-state index in [-0.39, 0.29) is 11.6 Å². The minimum absolute atomic E-state index is 0.0774. The molecule has 0 spiro atoms. The fourth-order valence-electron chi connectivity index (χ4n) is 2.26. The van der Waals surface area contributed by atoms with Gasteiger partial charge in [-0.05, 0) is 37.3 Å². The molecule has 1 atom stereocenters. The summed E-state index contributed by atoms with van der Waals surface area (Å²) in [5.41, 5.74) is 3.94. The van der Waals surface area contributed by atoms with Crippen molar-refractivity contribution in [2.45, 2.75) is 37.3 Å². The normalized spacial score (nSPS) is 20.9. The predicted octanol–water partition coefficient (Wildman–Crippen LogP) is 1.22. The second-order valence-corrected chi connectivity index (χ2v) is 4.18. The van der Waals surface area contributed by atoms with Gasteiger partial charge in [0.2, 0.25) is 0 Å². The molecule has 1 aliphatic carbocycles. The third-order valence-corrected chi connectivity index (χ3v) is 3.46.